The van der Waals surface area contributed by atoms with Gasteiger partial charge in [-0.15, -0.1) is 0 Å². The second kappa shape index (κ2) is 3.99. The summed E-state index contributed by atoms with van der Waals surface area (Å²) in [5.41, 5.74) is 0.972. The topological polar surface area (TPSA) is 23.9 Å². The molecule has 17 heavy (non-hydrogen) atoms. The molecule has 0 unspecified atom stereocenters. The van der Waals surface area contributed by atoms with Crippen LogP contribution in [0.2, 0.25) is 0 Å². The first-order valence-electron chi connectivity index (χ1n) is 5.44. The van der Waals surface area contributed by atoms with E-state index in [4.69, 9.17) is 5.41 Å². The van der Waals surface area contributed by atoms with Crippen LogP contribution in [-0.2, 0) is 0 Å². The van der Waals surface area contributed by atoms with Gasteiger partial charge in [0.2, 0.25) is 0 Å². The van der Waals surface area contributed by atoms with E-state index in [-0.39, 0.29) is 0 Å². The maximum absolute atomic E-state index is 7.84. The molecule has 0 heterocycles. The van der Waals surface area contributed by atoms with Crippen LogP contribution in [0.25, 0.3) is 21.5 Å². The molecule has 0 fully saturated rings. The predicted molar refractivity (Wildman–Crippen MR) is 74.0 cm³/mol. The zero-order chi connectivity index (χ0) is 11.8. The van der Waals surface area contributed by atoms with Gasteiger partial charge in [0.25, 0.3) is 0 Å². The number of fused-ring (bicyclic) bond motifs is 3. The first-order valence-corrected chi connectivity index (χ1v) is 6.29. The van der Waals surface area contributed by atoms with E-state index < -0.39 is 0 Å². The number of rotatable bonds is 1. The molecule has 1 N–H and O–H groups in total. The van der Waals surface area contributed by atoms with Gasteiger partial charge in [-0.3, -0.25) is 0 Å². The molecular weight excluding hydrogens is 273 g/mol. The Hall–Kier alpha value is -1.63. The third-order valence-electron chi connectivity index (χ3n) is 3.01. The summed E-state index contributed by atoms with van der Waals surface area (Å²) in [5.74, 6) is 0. The number of nitrogens with one attached hydrogen (secondary N) is 1. The van der Waals surface area contributed by atoms with Gasteiger partial charge >= 0.3 is 108 Å². The third kappa shape index (κ3) is 1.66. The van der Waals surface area contributed by atoms with Crippen molar-refractivity contribution in [2.45, 2.75) is 0 Å². The summed E-state index contributed by atoms with van der Waals surface area (Å²) in [5, 5.41) is 12.6. The second-order valence-electron chi connectivity index (χ2n) is 4.02. The Kier molecular flexibility index (Phi) is 2.47. The molecule has 0 bridgehead atoms. The van der Waals surface area contributed by atoms with Crippen LogP contribution in [-0.4, -0.2) is 20.6 Å². The summed E-state index contributed by atoms with van der Waals surface area (Å²) in [6.45, 7) is 0. The average molecular weight is 283 g/mol. The molecule has 0 aromatic heterocycles. The van der Waals surface area contributed by atoms with Crippen LogP contribution >= 0.6 is 0 Å². The van der Waals surface area contributed by atoms with Crippen LogP contribution < -0.4 is 0 Å². The summed E-state index contributed by atoms with van der Waals surface area (Å²) in [7, 11) is 0. The van der Waals surface area contributed by atoms with Crippen LogP contribution in [0.15, 0.2) is 54.6 Å². The van der Waals surface area contributed by atoms with Crippen molar-refractivity contribution in [2.75, 3.05) is 0 Å². The molecule has 81 valence electrons. The van der Waals surface area contributed by atoms with Gasteiger partial charge in [-0.1, -0.05) is 0 Å². The van der Waals surface area contributed by atoms with Crippen molar-refractivity contribution in [3.8, 4) is 0 Å². The average Bonchev–Trinajstić information content (AvgIpc) is 2.37. The van der Waals surface area contributed by atoms with E-state index >= 15 is 0 Å². The van der Waals surface area contributed by atoms with Crippen LogP contribution in [0.1, 0.15) is 5.56 Å². The standard InChI is InChI=1S/C15H10NSe/c16-15(17)14-9-10-5-1-2-6-11(10)12-7-3-4-8-13(12)14/h1-9,16H. The van der Waals surface area contributed by atoms with E-state index in [9.17, 15) is 0 Å². The fourth-order valence-electron chi connectivity index (χ4n) is 2.24. The van der Waals surface area contributed by atoms with Crippen molar-refractivity contribution >= 4 is 42.2 Å². The molecule has 3 aromatic rings. The molecule has 2 heteroatoms. The fourth-order valence-corrected chi connectivity index (χ4v) is 2.60. The molecule has 0 atom stereocenters. The maximum atomic E-state index is 7.84. The molecule has 0 saturated carbocycles. The molecule has 0 spiro atoms. The van der Waals surface area contributed by atoms with Crippen molar-refractivity contribution in [1.82, 2.24) is 0 Å². The van der Waals surface area contributed by atoms with Crippen molar-refractivity contribution in [1.29, 1.82) is 5.41 Å². The monoisotopic (exact) mass is 284 g/mol. The minimum atomic E-state index is 0.493. The van der Waals surface area contributed by atoms with Gasteiger partial charge in [0.1, 0.15) is 0 Å². The molecule has 0 aliphatic heterocycles. The number of hydrogen-bond acceptors (Lipinski definition) is 1. The van der Waals surface area contributed by atoms with Crippen molar-refractivity contribution in [2.24, 2.45) is 0 Å². The molecule has 1 nitrogen and oxygen atoms in total. The first-order chi connectivity index (χ1) is 8.27. The Morgan fingerprint density at radius 1 is 0.824 bits per heavy atom. The Morgan fingerprint density at radius 2 is 1.41 bits per heavy atom. The predicted octanol–water partition coefficient (Wildman–Crippen LogP) is 3.49. The van der Waals surface area contributed by atoms with E-state index in [1.54, 1.807) is 0 Å². The SMILES string of the molecule is N=C([Se])c1cc2ccccc2c2ccccc12. The molecule has 0 aliphatic carbocycles. The van der Waals surface area contributed by atoms with Crippen molar-refractivity contribution < 1.29 is 0 Å². The third-order valence-corrected chi connectivity index (χ3v) is 3.47. The van der Waals surface area contributed by atoms with E-state index in [0.717, 1.165) is 10.9 Å². The van der Waals surface area contributed by atoms with Gasteiger partial charge in [-0.2, -0.15) is 0 Å². The summed E-state index contributed by atoms with van der Waals surface area (Å²) < 4.78 is 0.493. The van der Waals surface area contributed by atoms with Gasteiger partial charge in [0.15, 0.2) is 0 Å². The van der Waals surface area contributed by atoms with E-state index in [2.05, 4.69) is 52.4 Å². The van der Waals surface area contributed by atoms with E-state index in [0.29, 0.717) is 4.61 Å². The Labute approximate surface area is 108 Å². The van der Waals surface area contributed by atoms with Crippen LogP contribution in [0.4, 0.5) is 0 Å². The molecule has 0 aliphatic rings. The first kappa shape index (κ1) is 10.5. The van der Waals surface area contributed by atoms with Gasteiger partial charge < -0.3 is 0 Å². The molecule has 3 rings (SSSR count). The molecule has 0 saturated heterocycles. The summed E-state index contributed by atoms with van der Waals surface area (Å²) in [6.07, 6.45) is 0. The number of hydrogen-bond donors (Lipinski definition) is 1. The summed E-state index contributed by atoms with van der Waals surface area (Å²) in [6, 6.07) is 18.6. The fraction of sp³-hybridized carbons (Fsp3) is 0. The van der Waals surface area contributed by atoms with Crippen LogP contribution in [0.5, 0.6) is 0 Å². The van der Waals surface area contributed by atoms with Gasteiger partial charge in [0.05, 0.1) is 0 Å². The molecule has 3 aromatic carbocycles. The van der Waals surface area contributed by atoms with Crippen molar-refractivity contribution in [3.05, 3.63) is 60.2 Å². The quantitative estimate of drug-likeness (QED) is 0.401. The second-order valence-corrected chi connectivity index (χ2v) is 4.88. The Balaban J connectivity index is 2.59. The van der Waals surface area contributed by atoms with Gasteiger partial charge in [0, 0.05) is 0 Å². The zero-order valence-electron chi connectivity index (χ0n) is 9.10. The zero-order valence-corrected chi connectivity index (χ0v) is 10.8. The summed E-state index contributed by atoms with van der Waals surface area (Å²) >= 11 is 2.80. The summed E-state index contributed by atoms with van der Waals surface area (Å²) in [4.78, 5) is 0. The van der Waals surface area contributed by atoms with Gasteiger partial charge in [-0.05, 0) is 0 Å². The van der Waals surface area contributed by atoms with Crippen LogP contribution in [0.3, 0.4) is 0 Å². The minimum absolute atomic E-state index is 0.493. The molecule has 0 amide bonds. The Bertz CT molecular complexity index is 731. The normalized spacial score (nSPS) is 10.8. The van der Waals surface area contributed by atoms with E-state index in [1.165, 1.54) is 16.2 Å². The molecular formula is C15H10NSe. The molecule has 1 radical (unpaired) electrons. The number of benzene rings is 3. The van der Waals surface area contributed by atoms with E-state index in [1.807, 2.05) is 18.2 Å². The van der Waals surface area contributed by atoms with Crippen LogP contribution in [0, 0.1) is 5.41 Å². The van der Waals surface area contributed by atoms with Gasteiger partial charge in [-0.25, -0.2) is 0 Å². The Morgan fingerprint density at radius 3 is 2.12 bits per heavy atom. The van der Waals surface area contributed by atoms with Crippen molar-refractivity contribution in [3.63, 3.8) is 0 Å².